The largest absolute Gasteiger partial charge is 0.359 e. The minimum Gasteiger partial charge on any atom is -0.359 e. The first-order valence-electron chi connectivity index (χ1n) is 9.06. The molecule has 0 fully saturated rings. The number of aryl methyl sites for hydroxylation is 1. The van der Waals surface area contributed by atoms with E-state index in [1.165, 1.54) is 0 Å². The van der Waals surface area contributed by atoms with Crippen LogP contribution < -0.4 is 10.6 Å². The number of rotatable bonds is 7. The van der Waals surface area contributed by atoms with Crippen LogP contribution in [0.2, 0.25) is 0 Å². The molecule has 3 heterocycles. The quantitative estimate of drug-likeness (QED) is 0.365. The van der Waals surface area contributed by atoms with Crippen LogP contribution in [0.4, 0.5) is 0 Å². The molecule has 2 N–H and O–H groups in total. The summed E-state index contributed by atoms with van der Waals surface area (Å²) in [5.41, 5.74) is 1.03. The predicted octanol–water partition coefficient (Wildman–Crippen LogP) is 2.60. The van der Waals surface area contributed by atoms with E-state index in [1.54, 1.807) is 7.05 Å². The molecule has 1 aliphatic heterocycles. The number of aromatic nitrogens is 4. The molecule has 0 bridgehead atoms. The smallest absolute Gasteiger partial charge is 0.191 e. The van der Waals surface area contributed by atoms with E-state index in [2.05, 4.69) is 49.4 Å². The number of fused-ring (bicyclic) bond motifs is 1. The van der Waals surface area contributed by atoms with Gasteiger partial charge in [0.2, 0.25) is 0 Å². The molecule has 1 aliphatic rings. The molecule has 9 heteroatoms. The Labute approximate surface area is 171 Å². The average molecular weight is 473 g/mol. The van der Waals surface area contributed by atoms with Gasteiger partial charge in [0.1, 0.15) is 5.82 Å². The van der Waals surface area contributed by atoms with E-state index in [0.717, 1.165) is 55.3 Å². The number of nitrogens with one attached hydrogen (secondary N) is 2. The van der Waals surface area contributed by atoms with Gasteiger partial charge in [-0.1, -0.05) is 19.0 Å². The summed E-state index contributed by atoms with van der Waals surface area (Å²) < 4.78 is 7.61. The molecule has 0 aromatic carbocycles. The summed E-state index contributed by atoms with van der Waals surface area (Å²) in [7, 11) is 1.75. The Bertz CT molecular complexity index is 721. The molecule has 8 nitrogen and oxygen atoms in total. The van der Waals surface area contributed by atoms with Gasteiger partial charge in [-0.15, -0.1) is 34.2 Å². The van der Waals surface area contributed by atoms with Crippen LogP contribution in [-0.2, 0) is 26.1 Å². The van der Waals surface area contributed by atoms with Crippen LogP contribution in [0, 0.1) is 0 Å². The predicted molar refractivity (Wildman–Crippen MR) is 111 cm³/mol. The second-order valence-corrected chi connectivity index (χ2v) is 6.30. The maximum atomic E-state index is 5.43. The third kappa shape index (κ3) is 4.74. The fourth-order valence-electron chi connectivity index (χ4n) is 3.21. The highest BCUT2D eigenvalue weighted by Gasteiger charge is 2.17. The van der Waals surface area contributed by atoms with Crippen LogP contribution in [-0.4, -0.2) is 32.9 Å². The first-order chi connectivity index (χ1) is 12.2. The summed E-state index contributed by atoms with van der Waals surface area (Å²) in [5.74, 6) is 4.01. The van der Waals surface area contributed by atoms with Crippen LogP contribution in [0.1, 0.15) is 62.1 Å². The van der Waals surface area contributed by atoms with Crippen molar-refractivity contribution in [2.45, 2.75) is 65.1 Å². The minimum absolute atomic E-state index is 0. The molecule has 0 aliphatic carbocycles. The van der Waals surface area contributed by atoms with Gasteiger partial charge in [0.05, 0.1) is 18.8 Å². The Morgan fingerprint density at radius 2 is 2.04 bits per heavy atom. The second kappa shape index (κ2) is 9.89. The van der Waals surface area contributed by atoms with Gasteiger partial charge in [-0.3, -0.25) is 4.99 Å². The standard InChI is InChI=1S/C17H27N7O.HI/c1-4-12(5-2)14-9-13(25-23-14)10-19-17(18-3)20-11-16-22-21-15-7-6-8-24(15)16;/h9,12H,4-8,10-11H2,1-3H3,(H2,18,19,20);1H. The molecule has 0 radical (unpaired) electrons. The lowest BCUT2D eigenvalue weighted by molar-refractivity contribution is 0.368. The zero-order chi connectivity index (χ0) is 17.6. The number of guanidine groups is 1. The number of nitrogens with zero attached hydrogens (tertiary/aromatic N) is 5. The highest BCUT2D eigenvalue weighted by molar-refractivity contribution is 14.0. The lowest BCUT2D eigenvalue weighted by atomic mass is 9.99. The van der Waals surface area contributed by atoms with E-state index in [0.29, 0.717) is 25.0 Å². The first kappa shape index (κ1) is 20.7. The van der Waals surface area contributed by atoms with Crippen molar-refractivity contribution in [3.8, 4) is 0 Å². The molecule has 0 saturated carbocycles. The third-order valence-corrected chi connectivity index (χ3v) is 4.73. The maximum Gasteiger partial charge on any atom is 0.191 e. The van der Waals surface area contributed by atoms with Crippen molar-refractivity contribution in [1.82, 2.24) is 30.6 Å². The molecule has 26 heavy (non-hydrogen) atoms. The Morgan fingerprint density at radius 3 is 2.77 bits per heavy atom. The molecule has 2 aromatic rings. The highest BCUT2D eigenvalue weighted by atomic mass is 127. The van der Waals surface area contributed by atoms with Gasteiger partial charge in [0.25, 0.3) is 0 Å². The Balaban J connectivity index is 0.00000243. The normalized spacial score (nSPS) is 13.6. The molecule has 0 atom stereocenters. The van der Waals surface area contributed by atoms with Crippen molar-refractivity contribution < 1.29 is 4.52 Å². The van der Waals surface area contributed by atoms with E-state index in [-0.39, 0.29) is 24.0 Å². The third-order valence-electron chi connectivity index (χ3n) is 4.73. The van der Waals surface area contributed by atoms with Crippen molar-refractivity contribution in [2.24, 2.45) is 4.99 Å². The fraction of sp³-hybridized carbons (Fsp3) is 0.647. The van der Waals surface area contributed by atoms with Gasteiger partial charge in [0.15, 0.2) is 17.5 Å². The molecule has 144 valence electrons. The van der Waals surface area contributed by atoms with Crippen molar-refractivity contribution in [1.29, 1.82) is 0 Å². The van der Waals surface area contributed by atoms with E-state index >= 15 is 0 Å². The highest BCUT2D eigenvalue weighted by Crippen LogP contribution is 2.22. The zero-order valence-corrected chi connectivity index (χ0v) is 18.0. The van der Waals surface area contributed by atoms with Gasteiger partial charge in [-0.2, -0.15) is 0 Å². The molecule has 0 spiro atoms. The van der Waals surface area contributed by atoms with Crippen LogP contribution in [0.3, 0.4) is 0 Å². The first-order valence-corrected chi connectivity index (χ1v) is 9.06. The lowest BCUT2D eigenvalue weighted by Gasteiger charge is -2.10. The SMILES string of the molecule is CCC(CC)c1cc(CNC(=NC)NCc2nnc3n2CCC3)on1.I. The Morgan fingerprint density at radius 1 is 1.27 bits per heavy atom. The van der Waals surface area contributed by atoms with Gasteiger partial charge in [0, 0.05) is 32.0 Å². The average Bonchev–Trinajstić information content (AvgIpc) is 3.34. The monoisotopic (exact) mass is 473 g/mol. The van der Waals surface area contributed by atoms with Crippen molar-refractivity contribution in [3.05, 3.63) is 29.2 Å². The molecule has 3 rings (SSSR count). The summed E-state index contributed by atoms with van der Waals surface area (Å²) >= 11 is 0. The van der Waals surface area contributed by atoms with Gasteiger partial charge in [-0.05, 0) is 19.3 Å². The molecule has 2 aromatic heterocycles. The van der Waals surface area contributed by atoms with Gasteiger partial charge in [-0.25, -0.2) is 0 Å². The fourth-order valence-corrected chi connectivity index (χ4v) is 3.21. The second-order valence-electron chi connectivity index (χ2n) is 6.30. The summed E-state index contributed by atoms with van der Waals surface area (Å²) in [5, 5.41) is 19.2. The van der Waals surface area contributed by atoms with Crippen LogP contribution in [0.5, 0.6) is 0 Å². The Kier molecular flexibility index (Phi) is 7.85. The van der Waals surface area contributed by atoms with Crippen molar-refractivity contribution in [3.63, 3.8) is 0 Å². The minimum atomic E-state index is 0. The summed E-state index contributed by atoms with van der Waals surface area (Å²) in [6.07, 6.45) is 4.31. The van der Waals surface area contributed by atoms with Crippen molar-refractivity contribution >= 4 is 29.9 Å². The number of hydrogen-bond donors (Lipinski definition) is 2. The van der Waals surface area contributed by atoms with Gasteiger partial charge >= 0.3 is 0 Å². The number of hydrogen-bond acceptors (Lipinski definition) is 5. The van der Waals surface area contributed by atoms with Gasteiger partial charge < -0.3 is 19.7 Å². The summed E-state index contributed by atoms with van der Waals surface area (Å²) in [4.78, 5) is 4.25. The van der Waals surface area contributed by atoms with E-state index in [4.69, 9.17) is 4.52 Å². The summed E-state index contributed by atoms with van der Waals surface area (Å²) in [6.45, 7) is 6.50. The van der Waals surface area contributed by atoms with Crippen LogP contribution >= 0.6 is 24.0 Å². The molecule has 0 unspecified atom stereocenters. The van der Waals surface area contributed by atoms with E-state index in [1.807, 2.05) is 6.07 Å². The molecule has 0 amide bonds. The maximum absolute atomic E-state index is 5.43. The van der Waals surface area contributed by atoms with E-state index in [9.17, 15) is 0 Å². The molecular formula is C17H28IN7O. The van der Waals surface area contributed by atoms with Crippen LogP contribution in [0.25, 0.3) is 0 Å². The van der Waals surface area contributed by atoms with E-state index < -0.39 is 0 Å². The zero-order valence-electron chi connectivity index (χ0n) is 15.7. The van der Waals surface area contributed by atoms with Crippen LogP contribution in [0.15, 0.2) is 15.6 Å². The Hall–Kier alpha value is -1.65. The molecule has 0 saturated heterocycles. The number of aliphatic imine (C=N–C) groups is 1. The topological polar surface area (TPSA) is 93.2 Å². The number of halogens is 1. The molecular weight excluding hydrogens is 445 g/mol. The summed E-state index contributed by atoms with van der Waals surface area (Å²) in [6, 6.07) is 2.03. The van der Waals surface area contributed by atoms with Crippen molar-refractivity contribution in [2.75, 3.05) is 7.05 Å². The lowest BCUT2D eigenvalue weighted by Crippen LogP contribution is -2.36.